The van der Waals surface area contributed by atoms with Crippen LogP contribution in [0, 0.1) is 13.5 Å². The first-order chi connectivity index (χ1) is 4.83. The lowest BCUT2D eigenvalue weighted by Gasteiger charge is -1.96. The van der Waals surface area contributed by atoms with Gasteiger partial charge in [-0.1, -0.05) is 29.8 Å². The zero-order chi connectivity index (χ0) is 7.40. The minimum atomic E-state index is 0.861. The molecule has 0 heterocycles. The molecule has 0 atom stereocenters. The first-order valence-electron chi connectivity index (χ1n) is 3.42. The summed E-state index contributed by atoms with van der Waals surface area (Å²) in [6, 6.07) is 8.38. The highest BCUT2D eigenvalue weighted by atomic mass is 14.5. The molecule has 0 amide bonds. The van der Waals surface area contributed by atoms with Crippen LogP contribution in [0.2, 0.25) is 0 Å². The largest absolute Gasteiger partial charge is 0.326 e. The normalized spacial score (nSPS) is 9.80. The Morgan fingerprint density at radius 1 is 1.30 bits per heavy atom. The molecule has 0 aliphatic rings. The third-order valence-electron chi connectivity index (χ3n) is 1.47. The fourth-order valence-corrected chi connectivity index (χ4v) is 0.860. The van der Waals surface area contributed by atoms with Crippen LogP contribution in [0.5, 0.6) is 0 Å². The molecule has 1 heteroatoms. The van der Waals surface area contributed by atoms with Crippen LogP contribution in [0.15, 0.2) is 24.3 Å². The van der Waals surface area contributed by atoms with E-state index in [-0.39, 0.29) is 0 Å². The van der Waals surface area contributed by atoms with E-state index in [1.807, 2.05) is 0 Å². The van der Waals surface area contributed by atoms with E-state index in [0.29, 0.717) is 0 Å². The molecule has 53 valence electrons. The Labute approximate surface area is 61.9 Å². The molecular weight excluding hydrogens is 122 g/mol. The van der Waals surface area contributed by atoms with Gasteiger partial charge in [0.15, 0.2) is 0 Å². The molecule has 0 bridgehead atoms. The van der Waals surface area contributed by atoms with Gasteiger partial charge in [0.2, 0.25) is 0 Å². The minimum Gasteiger partial charge on any atom is -0.326 e. The molecule has 1 rings (SSSR count). The van der Waals surface area contributed by atoms with E-state index < -0.39 is 0 Å². The molecule has 0 aromatic heterocycles. The van der Waals surface area contributed by atoms with Gasteiger partial charge in [-0.15, -0.1) is 0 Å². The van der Waals surface area contributed by atoms with E-state index in [2.05, 4.69) is 31.2 Å². The standard InChI is InChI=1S/C9H12N/c1-8-2-4-9(5-3-8)6-7-10/h2-5,7H,6,10H2,1H3. The van der Waals surface area contributed by atoms with Gasteiger partial charge in [0.25, 0.3) is 0 Å². The van der Waals surface area contributed by atoms with Crippen molar-refractivity contribution in [3.63, 3.8) is 0 Å². The Bertz CT molecular complexity index is 188. The molecule has 1 aromatic rings. The SMILES string of the molecule is Cc1ccc(C[CH]N)cc1. The molecule has 0 saturated heterocycles. The van der Waals surface area contributed by atoms with Gasteiger partial charge < -0.3 is 5.73 Å². The van der Waals surface area contributed by atoms with Crippen LogP contribution in [0.25, 0.3) is 0 Å². The lowest BCUT2D eigenvalue weighted by atomic mass is 10.1. The number of hydrogen-bond donors (Lipinski definition) is 1. The first kappa shape index (κ1) is 7.29. The zero-order valence-corrected chi connectivity index (χ0v) is 6.17. The zero-order valence-electron chi connectivity index (χ0n) is 6.17. The molecule has 0 fully saturated rings. The highest BCUT2D eigenvalue weighted by Gasteiger charge is 1.88. The maximum absolute atomic E-state index is 5.27. The van der Waals surface area contributed by atoms with Gasteiger partial charge in [-0.3, -0.25) is 0 Å². The van der Waals surface area contributed by atoms with Crippen molar-refractivity contribution in [1.29, 1.82) is 0 Å². The van der Waals surface area contributed by atoms with Gasteiger partial charge in [0.1, 0.15) is 0 Å². The molecule has 0 aliphatic heterocycles. The van der Waals surface area contributed by atoms with E-state index >= 15 is 0 Å². The van der Waals surface area contributed by atoms with Crippen LogP contribution >= 0.6 is 0 Å². The molecule has 0 spiro atoms. The molecule has 10 heavy (non-hydrogen) atoms. The minimum absolute atomic E-state index is 0.861. The van der Waals surface area contributed by atoms with Gasteiger partial charge >= 0.3 is 0 Å². The maximum atomic E-state index is 5.27. The fourth-order valence-electron chi connectivity index (χ4n) is 0.860. The quantitative estimate of drug-likeness (QED) is 0.654. The van der Waals surface area contributed by atoms with Crippen LogP contribution in [0.3, 0.4) is 0 Å². The monoisotopic (exact) mass is 134 g/mol. The van der Waals surface area contributed by atoms with Crippen molar-refractivity contribution >= 4 is 0 Å². The second-order valence-corrected chi connectivity index (χ2v) is 2.43. The van der Waals surface area contributed by atoms with Gasteiger partial charge in [-0.05, 0) is 18.9 Å². The van der Waals surface area contributed by atoms with Crippen molar-refractivity contribution in [3.8, 4) is 0 Å². The summed E-state index contributed by atoms with van der Waals surface area (Å²) < 4.78 is 0. The topological polar surface area (TPSA) is 26.0 Å². The Kier molecular flexibility index (Phi) is 2.46. The summed E-state index contributed by atoms with van der Waals surface area (Å²) in [7, 11) is 0. The average molecular weight is 134 g/mol. The Morgan fingerprint density at radius 3 is 2.40 bits per heavy atom. The van der Waals surface area contributed by atoms with Crippen molar-refractivity contribution in [3.05, 3.63) is 41.9 Å². The first-order valence-corrected chi connectivity index (χ1v) is 3.42. The number of nitrogens with two attached hydrogens (primary N) is 1. The van der Waals surface area contributed by atoms with Crippen molar-refractivity contribution in [2.75, 3.05) is 0 Å². The number of hydrogen-bond acceptors (Lipinski definition) is 1. The molecule has 2 N–H and O–H groups in total. The Balaban J connectivity index is 2.69. The van der Waals surface area contributed by atoms with Crippen LogP contribution in [0.4, 0.5) is 0 Å². The summed E-state index contributed by atoms with van der Waals surface area (Å²) in [5.41, 5.74) is 7.84. The van der Waals surface area contributed by atoms with Crippen LogP contribution in [-0.4, -0.2) is 0 Å². The smallest absolute Gasteiger partial charge is 0.0236 e. The van der Waals surface area contributed by atoms with Crippen LogP contribution in [0.1, 0.15) is 11.1 Å². The van der Waals surface area contributed by atoms with Gasteiger partial charge in [-0.25, -0.2) is 0 Å². The predicted octanol–water partition coefficient (Wildman–Crippen LogP) is 1.66. The molecular formula is C9H12N. The second-order valence-electron chi connectivity index (χ2n) is 2.43. The van der Waals surface area contributed by atoms with Crippen molar-refractivity contribution in [2.24, 2.45) is 5.73 Å². The van der Waals surface area contributed by atoms with Gasteiger partial charge in [0, 0.05) is 6.54 Å². The predicted molar refractivity (Wildman–Crippen MR) is 43.4 cm³/mol. The van der Waals surface area contributed by atoms with Crippen molar-refractivity contribution in [2.45, 2.75) is 13.3 Å². The van der Waals surface area contributed by atoms with E-state index in [1.165, 1.54) is 11.1 Å². The highest BCUT2D eigenvalue weighted by Crippen LogP contribution is 2.03. The third kappa shape index (κ3) is 1.85. The fraction of sp³-hybridized carbons (Fsp3) is 0.222. The molecule has 0 aliphatic carbocycles. The van der Waals surface area contributed by atoms with Gasteiger partial charge in [0.05, 0.1) is 0 Å². The number of rotatable bonds is 2. The molecule has 1 aromatic carbocycles. The number of aryl methyl sites for hydroxylation is 1. The van der Waals surface area contributed by atoms with Crippen molar-refractivity contribution < 1.29 is 0 Å². The summed E-state index contributed by atoms with van der Waals surface area (Å²) in [5, 5.41) is 0. The Morgan fingerprint density at radius 2 is 1.90 bits per heavy atom. The summed E-state index contributed by atoms with van der Waals surface area (Å²) >= 11 is 0. The summed E-state index contributed by atoms with van der Waals surface area (Å²) in [6.45, 7) is 3.75. The lowest BCUT2D eigenvalue weighted by Crippen LogP contribution is -1.94. The molecule has 1 nitrogen and oxygen atoms in total. The summed E-state index contributed by atoms with van der Waals surface area (Å²) in [6.07, 6.45) is 0.861. The second kappa shape index (κ2) is 3.37. The van der Waals surface area contributed by atoms with Gasteiger partial charge in [-0.2, -0.15) is 0 Å². The van der Waals surface area contributed by atoms with E-state index in [0.717, 1.165) is 6.42 Å². The third-order valence-corrected chi connectivity index (χ3v) is 1.47. The maximum Gasteiger partial charge on any atom is 0.0236 e. The lowest BCUT2D eigenvalue weighted by molar-refractivity contribution is 1.10. The van der Waals surface area contributed by atoms with Crippen molar-refractivity contribution in [1.82, 2.24) is 0 Å². The van der Waals surface area contributed by atoms with Crippen LogP contribution in [-0.2, 0) is 6.42 Å². The molecule has 0 saturated carbocycles. The molecule has 0 unspecified atom stereocenters. The molecule has 1 radical (unpaired) electrons. The van der Waals surface area contributed by atoms with E-state index in [1.54, 1.807) is 6.54 Å². The number of benzene rings is 1. The summed E-state index contributed by atoms with van der Waals surface area (Å²) in [5.74, 6) is 0. The van der Waals surface area contributed by atoms with Crippen LogP contribution < -0.4 is 5.73 Å². The Hall–Kier alpha value is -0.820. The average Bonchev–Trinajstić information content (AvgIpc) is 1.95. The van der Waals surface area contributed by atoms with E-state index in [4.69, 9.17) is 5.73 Å². The summed E-state index contributed by atoms with van der Waals surface area (Å²) in [4.78, 5) is 0. The highest BCUT2D eigenvalue weighted by molar-refractivity contribution is 5.22. The van der Waals surface area contributed by atoms with E-state index in [9.17, 15) is 0 Å².